The van der Waals surface area contributed by atoms with Crippen LogP contribution in [-0.2, 0) is 0 Å². The van der Waals surface area contributed by atoms with Gasteiger partial charge in [0.2, 0.25) is 0 Å². The highest BCUT2D eigenvalue weighted by atomic mass is 32.2. The van der Waals surface area contributed by atoms with Crippen LogP contribution in [0.4, 0.5) is 4.39 Å². The maximum Gasteiger partial charge on any atom is 0.336 e. The van der Waals surface area contributed by atoms with Crippen LogP contribution in [0.3, 0.4) is 0 Å². The van der Waals surface area contributed by atoms with E-state index in [0.717, 1.165) is 11.0 Å². The molecule has 5 heteroatoms. The third-order valence-corrected chi connectivity index (χ3v) is 3.42. The van der Waals surface area contributed by atoms with Crippen molar-refractivity contribution in [3.8, 4) is 0 Å². The molecule has 2 rings (SSSR count). The second kappa shape index (κ2) is 4.63. The van der Waals surface area contributed by atoms with Crippen molar-refractivity contribution in [1.29, 1.82) is 0 Å². The van der Waals surface area contributed by atoms with E-state index in [9.17, 15) is 9.18 Å². The van der Waals surface area contributed by atoms with E-state index in [1.807, 2.05) is 0 Å². The van der Waals surface area contributed by atoms with Crippen LogP contribution in [0, 0.1) is 12.7 Å². The van der Waals surface area contributed by atoms with Crippen LogP contribution in [0.2, 0.25) is 0 Å². The zero-order chi connectivity index (χ0) is 12.4. The largest absolute Gasteiger partial charge is 0.478 e. The van der Waals surface area contributed by atoms with Gasteiger partial charge in [-0.3, -0.25) is 0 Å². The number of halogens is 1. The molecule has 88 valence electrons. The SMILES string of the molecule is Cc1occc1Sc1ccc(F)cc1C(=O)O. The summed E-state index contributed by atoms with van der Waals surface area (Å²) in [5, 5.41) is 8.98. The lowest BCUT2D eigenvalue weighted by molar-refractivity contribution is 0.0692. The molecule has 0 atom stereocenters. The normalized spacial score (nSPS) is 10.5. The molecule has 1 heterocycles. The van der Waals surface area contributed by atoms with Gasteiger partial charge in [0.1, 0.15) is 11.6 Å². The molecule has 1 aromatic heterocycles. The standard InChI is InChI=1S/C12H9FO3S/c1-7-10(4-5-16-7)17-11-3-2-8(13)6-9(11)12(14)15/h2-6H,1H3,(H,14,15). The second-order valence-corrected chi connectivity index (χ2v) is 4.47. The van der Waals surface area contributed by atoms with E-state index in [1.54, 1.807) is 13.0 Å². The average Bonchev–Trinajstić information content (AvgIpc) is 2.67. The lowest BCUT2D eigenvalue weighted by atomic mass is 10.2. The van der Waals surface area contributed by atoms with Gasteiger partial charge in [-0.05, 0) is 31.2 Å². The molecule has 17 heavy (non-hydrogen) atoms. The number of hydrogen-bond acceptors (Lipinski definition) is 3. The van der Waals surface area contributed by atoms with Crippen molar-refractivity contribution in [3.63, 3.8) is 0 Å². The summed E-state index contributed by atoms with van der Waals surface area (Å²) in [7, 11) is 0. The molecule has 0 amide bonds. The van der Waals surface area contributed by atoms with Crippen molar-refractivity contribution in [2.45, 2.75) is 16.7 Å². The molecule has 0 saturated carbocycles. The van der Waals surface area contributed by atoms with Crippen LogP contribution in [0.25, 0.3) is 0 Å². The molecule has 1 aromatic carbocycles. The monoisotopic (exact) mass is 252 g/mol. The number of aryl methyl sites for hydroxylation is 1. The van der Waals surface area contributed by atoms with E-state index in [2.05, 4.69) is 0 Å². The Kier molecular flexibility index (Phi) is 3.19. The van der Waals surface area contributed by atoms with E-state index in [4.69, 9.17) is 9.52 Å². The van der Waals surface area contributed by atoms with Gasteiger partial charge in [-0.1, -0.05) is 11.8 Å². The van der Waals surface area contributed by atoms with Crippen molar-refractivity contribution < 1.29 is 18.7 Å². The van der Waals surface area contributed by atoms with Crippen LogP contribution in [0.1, 0.15) is 16.1 Å². The van der Waals surface area contributed by atoms with Gasteiger partial charge in [-0.2, -0.15) is 0 Å². The van der Waals surface area contributed by atoms with Crippen LogP contribution in [0.15, 0.2) is 44.7 Å². The van der Waals surface area contributed by atoms with Crippen molar-refractivity contribution in [1.82, 2.24) is 0 Å². The van der Waals surface area contributed by atoms with Gasteiger partial charge >= 0.3 is 5.97 Å². The Morgan fingerprint density at radius 3 is 2.71 bits per heavy atom. The molecule has 0 radical (unpaired) electrons. The predicted octanol–water partition coefficient (Wildman–Crippen LogP) is 3.58. The lowest BCUT2D eigenvalue weighted by Gasteiger charge is -2.04. The van der Waals surface area contributed by atoms with E-state index in [0.29, 0.717) is 10.7 Å². The Morgan fingerprint density at radius 2 is 2.12 bits per heavy atom. The van der Waals surface area contributed by atoms with Crippen LogP contribution in [0.5, 0.6) is 0 Å². The molecule has 3 nitrogen and oxygen atoms in total. The number of hydrogen-bond donors (Lipinski definition) is 1. The Balaban J connectivity index is 2.39. The molecular weight excluding hydrogens is 243 g/mol. The maximum atomic E-state index is 13.0. The first kappa shape index (κ1) is 11.7. The molecule has 0 saturated heterocycles. The molecule has 1 N–H and O–H groups in total. The van der Waals surface area contributed by atoms with Crippen molar-refractivity contribution in [3.05, 3.63) is 47.7 Å². The maximum absolute atomic E-state index is 13.0. The van der Waals surface area contributed by atoms with Gasteiger partial charge in [0.15, 0.2) is 0 Å². The van der Waals surface area contributed by atoms with Gasteiger partial charge in [0.05, 0.1) is 16.7 Å². The summed E-state index contributed by atoms with van der Waals surface area (Å²) >= 11 is 1.24. The van der Waals surface area contributed by atoms with Crippen LogP contribution < -0.4 is 0 Å². The number of carboxylic acids is 1. The molecule has 0 fully saturated rings. The summed E-state index contributed by atoms with van der Waals surface area (Å²) in [5.41, 5.74) is -0.0457. The topological polar surface area (TPSA) is 50.4 Å². The Morgan fingerprint density at radius 1 is 1.35 bits per heavy atom. The number of benzene rings is 1. The fourth-order valence-corrected chi connectivity index (χ4v) is 2.30. The Bertz CT molecular complexity index is 563. The van der Waals surface area contributed by atoms with Gasteiger partial charge in [0, 0.05) is 4.90 Å². The van der Waals surface area contributed by atoms with Crippen molar-refractivity contribution >= 4 is 17.7 Å². The Labute approximate surface area is 101 Å². The van der Waals surface area contributed by atoms with E-state index in [-0.39, 0.29) is 5.56 Å². The third kappa shape index (κ3) is 2.50. The van der Waals surface area contributed by atoms with Gasteiger partial charge in [-0.15, -0.1) is 0 Å². The second-order valence-electron chi connectivity index (χ2n) is 3.39. The molecule has 0 aliphatic carbocycles. The number of carbonyl (C=O) groups is 1. The van der Waals surface area contributed by atoms with Crippen molar-refractivity contribution in [2.75, 3.05) is 0 Å². The fourth-order valence-electron chi connectivity index (χ4n) is 1.36. The number of aromatic carboxylic acids is 1. The summed E-state index contributed by atoms with van der Waals surface area (Å²) in [4.78, 5) is 12.3. The molecule has 0 bridgehead atoms. The summed E-state index contributed by atoms with van der Waals surface area (Å²) in [6, 6.07) is 5.45. The average molecular weight is 252 g/mol. The number of furan rings is 1. The highest BCUT2D eigenvalue weighted by Crippen LogP contribution is 2.33. The smallest absolute Gasteiger partial charge is 0.336 e. The first-order valence-electron chi connectivity index (χ1n) is 4.82. The number of rotatable bonds is 3. The zero-order valence-corrected chi connectivity index (χ0v) is 9.75. The predicted molar refractivity (Wildman–Crippen MR) is 60.9 cm³/mol. The summed E-state index contributed by atoms with van der Waals surface area (Å²) in [6.07, 6.45) is 1.53. The lowest BCUT2D eigenvalue weighted by Crippen LogP contribution is -1.99. The highest BCUT2D eigenvalue weighted by Gasteiger charge is 2.14. The first-order valence-corrected chi connectivity index (χ1v) is 5.64. The van der Waals surface area contributed by atoms with E-state index < -0.39 is 11.8 Å². The van der Waals surface area contributed by atoms with E-state index >= 15 is 0 Å². The fraction of sp³-hybridized carbons (Fsp3) is 0.0833. The summed E-state index contributed by atoms with van der Waals surface area (Å²) in [5.74, 6) is -1.00. The number of carboxylic acid groups (broad SMARTS) is 1. The zero-order valence-electron chi connectivity index (χ0n) is 8.94. The minimum Gasteiger partial charge on any atom is -0.478 e. The first-order chi connectivity index (χ1) is 8.08. The van der Waals surface area contributed by atoms with E-state index in [1.165, 1.54) is 30.2 Å². The minimum atomic E-state index is -1.15. The van der Waals surface area contributed by atoms with Crippen LogP contribution in [-0.4, -0.2) is 11.1 Å². The van der Waals surface area contributed by atoms with Gasteiger partial charge in [-0.25, -0.2) is 9.18 Å². The van der Waals surface area contributed by atoms with Crippen molar-refractivity contribution in [2.24, 2.45) is 0 Å². The van der Waals surface area contributed by atoms with Gasteiger partial charge < -0.3 is 9.52 Å². The molecule has 0 unspecified atom stereocenters. The molecule has 0 aliphatic heterocycles. The third-order valence-electron chi connectivity index (χ3n) is 2.20. The quantitative estimate of drug-likeness (QED) is 0.907. The molecular formula is C12H9FO3S. The molecule has 0 spiro atoms. The molecule has 0 aliphatic rings. The highest BCUT2D eigenvalue weighted by molar-refractivity contribution is 7.99. The van der Waals surface area contributed by atoms with Gasteiger partial charge in [0.25, 0.3) is 0 Å². The Hall–Kier alpha value is -1.75. The summed E-state index contributed by atoms with van der Waals surface area (Å²) in [6.45, 7) is 1.78. The summed E-state index contributed by atoms with van der Waals surface area (Å²) < 4.78 is 18.1. The molecule has 2 aromatic rings. The minimum absolute atomic E-state index is 0.0457. The van der Waals surface area contributed by atoms with Crippen LogP contribution >= 0.6 is 11.8 Å².